The lowest BCUT2D eigenvalue weighted by Gasteiger charge is -2.37. The predicted molar refractivity (Wildman–Crippen MR) is 109 cm³/mol. The molecule has 1 fully saturated rings. The van der Waals surface area contributed by atoms with Crippen molar-refractivity contribution in [2.75, 3.05) is 19.7 Å². The molecule has 2 rings (SSSR count). The molecule has 5 nitrogen and oxygen atoms in total. The molecule has 1 atom stereocenters. The van der Waals surface area contributed by atoms with E-state index >= 15 is 0 Å². The third kappa shape index (κ3) is 4.65. The fraction of sp³-hybridized carbons (Fsp3) is 0.600. The number of aliphatic hydroxyl groups is 1. The van der Waals surface area contributed by atoms with Gasteiger partial charge in [-0.3, -0.25) is 10.7 Å². The Balaban J connectivity index is 2.06. The molecule has 1 aromatic rings. The van der Waals surface area contributed by atoms with Crippen LogP contribution in [0.5, 0.6) is 0 Å². The van der Waals surface area contributed by atoms with E-state index in [1.165, 1.54) is 0 Å². The third-order valence-electron chi connectivity index (χ3n) is 5.79. The summed E-state index contributed by atoms with van der Waals surface area (Å²) in [6, 6.07) is 7.76. The van der Waals surface area contributed by atoms with Crippen molar-refractivity contribution < 1.29 is 9.90 Å². The minimum absolute atomic E-state index is 0.159. The summed E-state index contributed by atoms with van der Waals surface area (Å²) in [5, 5.41) is 20.5. The molecule has 0 spiro atoms. The molecule has 0 bridgehead atoms. The number of halogens is 1. The summed E-state index contributed by atoms with van der Waals surface area (Å²) in [6.45, 7) is 7.73. The van der Waals surface area contributed by atoms with E-state index in [0.717, 1.165) is 29.3 Å². The number of piperidine rings is 1. The van der Waals surface area contributed by atoms with Gasteiger partial charge in [0.05, 0.1) is 5.41 Å². The highest BCUT2D eigenvalue weighted by atomic mass is 79.9. The van der Waals surface area contributed by atoms with E-state index < -0.39 is 5.41 Å². The normalized spacial score (nSPS) is 17.8. The van der Waals surface area contributed by atoms with Crippen molar-refractivity contribution in [3.63, 3.8) is 0 Å². The van der Waals surface area contributed by atoms with Gasteiger partial charge in [0.15, 0.2) is 0 Å². The number of hydrogen-bond acceptors (Lipinski definition) is 3. The zero-order valence-electron chi connectivity index (χ0n) is 15.9. The number of carbonyl (C=O) groups is 1. The van der Waals surface area contributed by atoms with Crippen LogP contribution in [0.25, 0.3) is 0 Å². The molecular formula is C20H30BrN3O2. The molecule has 1 heterocycles. The maximum atomic E-state index is 12.6. The number of amidine groups is 1. The van der Waals surface area contributed by atoms with Crippen LogP contribution >= 0.6 is 15.9 Å². The minimum Gasteiger partial charge on any atom is -0.396 e. The van der Waals surface area contributed by atoms with Crippen molar-refractivity contribution in [2.45, 2.75) is 45.4 Å². The number of rotatable bonds is 5. The van der Waals surface area contributed by atoms with Crippen molar-refractivity contribution >= 4 is 27.8 Å². The lowest BCUT2D eigenvalue weighted by atomic mass is 9.72. The highest BCUT2D eigenvalue weighted by Gasteiger charge is 2.37. The van der Waals surface area contributed by atoms with Crippen LogP contribution in [0.15, 0.2) is 28.7 Å². The zero-order chi connectivity index (χ0) is 19.3. The maximum absolute atomic E-state index is 12.6. The van der Waals surface area contributed by atoms with Crippen molar-refractivity contribution in [1.29, 1.82) is 5.41 Å². The Hall–Kier alpha value is -1.40. The smallest absolute Gasteiger partial charge is 0.322 e. The Morgan fingerprint density at radius 1 is 1.35 bits per heavy atom. The van der Waals surface area contributed by atoms with Gasteiger partial charge >= 0.3 is 6.03 Å². The minimum atomic E-state index is -0.564. The average Bonchev–Trinajstić information content (AvgIpc) is 2.62. The lowest BCUT2D eigenvalue weighted by molar-refractivity contribution is 0.160. The monoisotopic (exact) mass is 423 g/mol. The van der Waals surface area contributed by atoms with Crippen molar-refractivity contribution in [3.8, 4) is 0 Å². The number of nitrogens with one attached hydrogen (secondary N) is 2. The van der Waals surface area contributed by atoms with Gasteiger partial charge in [0.2, 0.25) is 0 Å². The average molecular weight is 424 g/mol. The van der Waals surface area contributed by atoms with E-state index in [4.69, 9.17) is 10.5 Å². The summed E-state index contributed by atoms with van der Waals surface area (Å²) in [6.07, 6.45) is 2.63. The van der Waals surface area contributed by atoms with Crippen LogP contribution in [0.3, 0.4) is 0 Å². The summed E-state index contributed by atoms with van der Waals surface area (Å²) in [7, 11) is 0. The standard InChI is InChI=1S/C20H30BrN3O2/c1-14(2)20(3,16-4-6-17(21)7-5-16)18(22)23-19(26)24-11-8-15(9-12-24)10-13-25/h4-7,14-15,25H,8-13H2,1-3H3,(H2,22,23,26). The molecule has 0 aromatic heterocycles. The van der Waals surface area contributed by atoms with Crippen LogP contribution in [-0.4, -0.2) is 41.6 Å². The Bertz CT molecular complexity index is 624. The molecule has 0 radical (unpaired) electrons. The SMILES string of the molecule is CC(C)C(C)(C(=N)NC(=O)N1CCC(CCO)CC1)c1ccc(Br)cc1. The number of likely N-dealkylation sites (tertiary alicyclic amines) is 1. The largest absolute Gasteiger partial charge is 0.396 e. The van der Waals surface area contributed by atoms with E-state index in [2.05, 4.69) is 35.1 Å². The Labute approximate surface area is 164 Å². The van der Waals surface area contributed by atoms with Crippen molar-refractivity contribution in [1.82, 2.24) is 10.2 Å². The Kier molecular flexibility index (Phi) is 7.24. The van der Waals surface area contributed by atoms with Crippen LogP contribution in [0, 0.1) is 17.2 Å². The highest BCUT2D eigenvalue weighted by molar-refractivity contribution is 9.10. The van der Waals surface area contributed by atoms with Crippen LogP contribution in [0.2, 0.25) is 0 Å². The fourth-order valence-electron chi connectivity index (χ4n) is 3.49. The first-order valence-corrected chi connectivity index (χ1v) is 10.1. The second-order valence-electron chi connectivity index (χ2n) is 7.61. The molecule has 1 unspecified atom stereocenters. The topological polar surface area (TPSA) is 76.4 Å². The molecule has 1 aliphatic heterocycles. The number of hydrogen-bond donors (Lipinski definition) is 3. The molecular weight excluding hydrogens is 394 g/mol. The second-order valence-corrected chi connectivity index (χ2v) is 8.53. The van der Waals surface area contributed by atoms with E-state index in [9.17, 15) is 4.79 Å². The van der Waals surface area contributed by atoms with E-state index in [1.54, 1.807) is 4.90 Å². The van der Waals surface area contributed by atoms with Crippen molar-refractivity contribution in [2.24, 2.45) is 11.8 Å². The summed E-state index contributed by atoms with van der Waals surface area (Å²) < 4.78 is 0.994. The molecule has 26 heavy (non-hydrogen) atoms. The Morgan fingerprint density at radius 2 is 1.92 bits per heavy atom. The number of nitrogens with zero attached hydrogens (tertiary/aromatic N) is 1. The summed E-state index contributed by atoms with van der Waals surface area (Å²) in [5.41, 5.74) is 0.452. The number of amides is 2. The quantitative estimate of drug-likeness (QED) is 0.491. The van der Waals surface area contributed by atoms with Crippen LogP contribution < -0.4 is 5.32 Å². The number of benzene rings is 1. The lowest BCUT2D eigenvalue weighted by Crippen LogP contribution is -2.52. The Morgan fingerprint density at radius 3 is 2.42 bits per heavy atom. The predicted octanol–water partition coefficient (Wildman–Crippen LogP) is 4.14. The maximum Gasteiger partial charge on any atom is 0.322 e. The van der Waals surface area contributed by atoms with Gasteiger partial charge in [-0.2, -0.15) is 0 Å². The zero-order valence-corrected chi connectivity index (χ0v) is 17.5. The molecule has 1 saturated heterocycles. The van der Waals surface area contributed by atoms with Crippen LogP contribution in [0.1, 0.15) is 45.6 Å². The van der Waals surface area contributed by atoms with Gasteiger partial charge in [-0.15, -0.1) is 0 Å². The molecule has 1 aromatic carbocycles. The molecule has 6 heteroatoms. The van der Waals surface area contributed by atoms with Gasteiger partial charge in [-0.25, -0.2) is 4.79 Å². The molecule has 1 aliphatic rings. The summed E-state index contributed by atoms with van der Waals surface area (Å²) >= 11 is 3.45. The molecule has 2 amide bonds. The van der Waals surface area contributed by atoms with Gasteiger partial charge in [0.1, 0.15) is 5.84 Å². The first-order chi connectivity index (χ1) is 12.3. The van der Waals surface area contributed by atoms with Gasteiger partial charge in [-0.05, 0) is 55.7 Å². The van der Waals surface area contributed by atoms with Gasteiger partial charge < -0.3 is 10.0 Å². The van der Waals surface area contributed by atoms with Crippen LogP contribution in [-0.2, 0) is 5.41 Å². The molecule has 3 N–H and O–H groups in total. The summed E-state index contributed by atoms with van der Waals surface area (Å²) in [5.74, 6) is 0.885. The number of urea groups is 1. The summed E-state index contributed by atoms with van der Waals surface area (Å²) in [4.78, 5) is 14.4. The van der Waals surface area contributed by atoms with E-state index in [1.807, 2.05) is 31.2 Å². The van der Waals surface area contributed by atoms with E-state index in [0.29, 0.717) is 19.0 Å². The van der Waals surface area contributed by atoms with Crippen LogP contribution in [0.4, 0.5) is 4.79 Å². The number of carbonyl (C=O) groups excluding carboxylic acids is 1. The fourth-order valence-corrected chi connectivity index (χ4v) is 3.75. The first-order valence-electron chi connectivity index (χ1n) is 9.30. The first kappa shape index (κ1) is 20.9. The van der Waals surface area contributed by atoms with E-state index in [-0.39, 0.29) is 24.4 Å². The van der Waals surface area contributed by atoms with Gasteiger partial charge in [0.25, 0.3) is 0 Å². The molecule has 144 valence electrons. The van der Waals surface area contributed by atoms with Gasteiger partial charge in [0, 0.05) is 24.2 Å². The molecule has 0 aliphatic carbocycles. The van der Waals surface area contributed by atoms with Gasteiger partial charge in [-0.1, -0.05) is 41.9 Å². The molecule has 0 saturated carbocycles. The second kappa shape index (κ2) is 9.00. The number of aliphatic hydroxyl groups excluding tert-OH is 1. The van der Waals surface area contributed by atoms with Crippen molar-refractivity contribution in [3.05, 3.63) is 34.3 Å². The third-order valence-corrected chi connectivity index (χ3v) is 6.32. The highest BCUT2D eigenvalue weighted by Crippen LogP contribution is 2.33.